The van der Waals surface area contributed by atoms with Crippen LogP contribution in [0.5, 0.6) is 11.5 Å². The Kier molecular flexibility index (Phi) is 12.0. The molecule has 0 fully saturated rings. The minimum absolute atomic E-state index is 0. The molecule has 6 rings (SSSR count). The van der Waals surface area contributed by atoms with E-state index in [2.05, 4.69) is 4.99 Å². The first-order chi connectivity index (χ1) is 21.7. The van der Waals surface area contributed by atoms with Crippen molar-refractivity contribution in [2.24, 2.45) is 4.99 Å². The normalized spacial score (nSPS) is 12.5. The van der Waals surface area contributed by atoms with E-state index in [-0.39, 0.29) is 117 Å². The first kappa shape index (κ1) is 42.1. The van der Waals surface area contributed by atoms with Crippen molar-refractivity contribution in [3.8, 4) is 11.5 Å². The summed E-state index contributed by atoms with van der Waals surface area (Å²) < 4.78 is 112. The minimum Gasteiger partial charge on any atom is -0.744 e. The molecule has 0 bridgehead atoms. The van der Waals surface area contributed by atoms with Crippen molar-refractivity contribution in [1.82, 2.24) is 0 Å². The van der Waals surface area contributed by atoms with Crippen LogP contribution in [0, 0.1) is 15.8 Å². The van der Waals surface area contributed by atoms with Crippen LogP contribution in [0.25, 0.3) is 32.3 Å². The van der Waals surface area contributed by atoms with Crippen LogP contribution in [0.15, 0.2) is 83.9 Å². The Labute approximate surface area is 346 Å². The molecule has 0 saturated heterocycles. The number of fused-ring (bicyclic) bond motifs is 3. The third-order valence-corrected chi connectivity index (χ3v) is 10.2. The second-order valence-electron chi connectivity index (χ2n) is 10.1. The molecule has 22 heteroatoms. The van der Waals surface area contributed by atoms with Crippen molar-refractivity contribution >= 4 is 74.0 Å². The standard InChI is InChI=1S/C28H17N3O13S3.3Na/c29-13-7-3-6-12-18(13)27(35)19-14(30)8-16(45(36,37)38)23(21(19)26(12)34)31-15-9-17(46(39,40)41)28(47(42,43)44)22-20(15)24(32)10-4-1-2-5-11(10)25(22)33;;;/h1-9,30,32-33H,29H2,(H,36,37,38)(H,39,40,41)(H,42,43,44);;;/q;3*+1/p-3. The predicted molar refractivity (Wildman–Crippen MR) is 158 cm³/mol. The molecule has 0 radical (unpaired) electrons. The number of benzene rings is 4. The number of nitrogen functional groups attached to an aromatic ring is 1. The predicted octanol–water partition coefficient (Wildman–Crippen LogP) is -9.10. The Morgan fingerprint density at radius 2 is 1.16 bits per heavy atom. The van der Waals surface area contributed by atoms with Gasteiger partial charge in [0.1, 0.15) is 41.9 Å². The van der Waals surface area contributed by atoms with Gasteiger partial charge in [0.15, 0.2) is 10.9 Å². The molecule has 0 aromatic heterocycles. The molecule has 0 unspecified atom stereocenters. The summed E-state index contributed by atoms with van der Waals surface area (Å²) in [4.78, 5) is 26.3. The fourth-order valence-corrected chi connectivity index (χ4v) is 8.18. The van der Waals surface area contributed by atoms with E-state index in [1.807, 2.05) is 0 Å². The fraction of sp³-hybridized carbons (Fsp3) is 0. The summed E-state index contributed by atoms with van der Waals surface area (Å²) in [5, 5.41) is 23.5. The van der Waals surface area contributed by atoms with Crippen LogP contribution in [-0.4, -0.2) is 49.1 Å². The van der Waals surface area contributed by atoms with Crippen LogP contribution in [0.3, 0.4) is 0 Å². The number of nitrogens with two attached hydrogens (primary N) is 1. The number of nitrogens with zero attached hydrogens (tertiary/aromatic N) is 1. The molecule has 2 aliphatic rings. The van der Waals surface area contributed by atoms with Gasteiger partial charge < -0.3 is 35.0 Å². The zero-order chi connectivity index (χ0) is 34.5. The molecule has 4 aromatic carbocycles. The van der Waals surface area contributed by atoms with Crippen LogP contribution in [0.2, 0.25) is 0 Å². The molecule has 2 aliphatic carbocycles. The van der Waals surface area contributed by atoms with Crippen molar-refractivity contribution < 1.29 is 138 Å². The Morgan fingerprint density at radius 1 is 0.640 bits per heavy atom. The SMILES string of the molecule is N=c1cc(S(=O)(=O)[O-])c(=Nc2cc(S(=O)(=O)[O-])c(S(=O)(=O)[O-])c3c(O)c4ccccc4c(O)c23)c2c(=O)c3cccc(N)c3c(=O)c1=2.[Na+].[Na+].[Na+]. The van der Waals surface area contributed by atoms with E-state index in [4.69, 9.17) is 11.1 Å². The minimum atomic E-state index is -5.97. The van der Waals surface area contributed by atoms with Crippen LogP contribution in [0.4, 0.5) is 11.4 Å². The quantitative estimate of drug-likeness (QED) is 0.0426. The molecule has 0 spiro atoms. The van der Waals surface area contributed by atoms with Gasteiger partial charge in [-0.15, -0.1) is 0 Å². The third-order valence-electron chi connectivity index (χ3n) is 7.44. The Balaban J connectivity index is 0.00000225. The van der Waals surface area contributed by atoms with E-state index in [0.29, 0.717) is 6.07 Å². The number of anilines is 1. The maximum atomic E-state index is 13.8. The van der Waals surface area contributed by atoms with Gasteiger partial charge in [-0.2, -0.15) is 0 Å². The fourth-order valence-electron chi connectivity index (χ4n) is 5.58. The molecule has 0 aliphatic heterocycles. The van der Waals surface area contributed by atoms with Gasteiger partial charge in [0.05, 0.1) is 52.3 Å². The molecule has 240 valence electrons. The number of phenols is 2. The monoisotopic (exact) mass is 765 g/mol. The van der Waals surface area contributed by atoms with Gasteiger partial charge >= 0.3 is 88.7 Å². The summed E-state index contributed by atoms with van der Waals surface area (Å²) in [6.45, 7) is 0. The average Bonchev–Trinajstić information content (AvgIpc) is 2.97. The molecule has 50 heavy (non-hydrogen) atoms. The first-order valence-electron chi connectivity index (χ1n) is 12.7. The van der Waals surface area contributed by atoms with E-state index in [1.54, 1.807) is 0 Å². The van der Waals surface area contributed by atoms with E-state index < -0.39 is 110 Å². The van der Waals surface area contributed by atoms with Gasteiger partial charge in [-0.25, -0.2) is 30.2 Å². The molecule has 0 atom stereocenters. The number of aromatic hydroxyl groups is 2. The summed E-state index contributed by atoms with van der Waals surface area (Å²) >= 11 is 0. The number of rotatable bonds is 4. The third kappa shape index (κ3) is 6.70. The molecular formula is C28H14N3Na3O13S3. The Morgan fingerprint density at radius 3 is 1.68 bits per heavy atom. The summed E-state index contributed by atoms with van der Waals surface area (Å²) in [5.41, 5.74) is 2.43. The van der Waals surface area contributed by atoms with Crippen LogP contribution < -0.4 is 116 Å². The maximum Gasteiger partial charge on any atom is 1.00 e. The van der Waals surface area contributed by atoms with Gasteiger partial charge in [-0.3, -0.25) is 9.59 Å². The van der Waals surface area contributed by atoms with E-state index in [9.17, 15) is 58.7 Å². The van der Waals surface area contributed by atoms with Crippen LogP contribution in [0.1, 0.15) is 0 Å². The number of hydrogen-bond acceptors (Lipinski definition) is 16. The number of nitrogens with one attached hydrogen (secondary N) is 1. The molecular weight excluding hydrogens is 751 g/mol. The summed E-state index contributed by atoms with van der Waals surface area (Å²) in [5.74, 6) is -2.09. The van der Waals surface area contributed by atoms with Crippen molar-refractivity contribution in [1.29, 1.82) is 5.41 Å². The first-order valence-corrected chi connectivity index (χ1v) is 16.9. The molecule has 0 saturated carbocycles. The second-order valence-corrected chi connectivity index (χ2v) is 14.2. The van der Waals surface area contributed by atoms with Gasteiger partial charge in [-0.05, 0) is 18.2 Å². The molecule has 16 nitrogen and oxygen atoms in total. The van der Waals surface area contributed by atoms with Crippen molar-refractivity contribution in [3.63, 3.8) is 0 Å². The Hall–Kier alpha value is -2.31. The smallest absolute Gasteiger partial charge is 0.744 e. The molecule has 0 heterocycles. The maximum absolute atomic E-state index is 13.8. The van der Waals surface area contributed by atoms with E-state index in [1.165, 1.54) is 30.3 Å². The summed E-state index contributed by atoms with van der Waals surface area (Å²) in [6, 6.07) is 9.20. The Bertz CT molecular complexity index is 3100. The zero-order valence-corrected chi connectivity index (χ0v) is 34.3. The number of phenolic OH excluding ortho intramolecular Hbond substituents is 2. The summed E-state index contributed by atoms with van der Waals surface area (Å²) in [7, 11) is -17.6. The van der Waals surface area contributed by atoms with Gasteiger partial charge in [-0.1, -0.05) is 36.4 Å². The van der Waals surface area contributed by atoms with Crippen LogP contribution >= 0.6 is 0 Å². The summed E-state index contributed by atoms with van der Waals surface area (Å²) in [6.07, 6.45) is 0. The molecule has 0 amide bonds. The second kappa shape index (κ2) is 14.3. The van der Waals surface area contributed by atoms with E-state index in [0.717, 1.165) is 12.1 Å². The van der Waals surface area contributed by atoms with Crippen molar-refractivity contribution in [2.45, 2.75) is 14.7 Å². The average molecular weight is 766 g/mol. The van der Waals surface area contributed by atoms with Crippen molar-refractivity contribution in [3.05, 3.63) is 96.2 Å². The largest absolute Gasteiger partial charge is 1.00 e. The zero-order valence-electron chi connectivity index (χ0n) is 25.8. The topological polar surface area (TPSA) is 308 Å². The molecule has 5 N–H and O–H groups in total. The number of hydrogen-bond donors (Lipinski definition) is 4. The van der Waals surface area contributed by atoms with Gasteiger partial charge in [0, 0.05) is 27.2 Å². The van der Waals surface area contributed by atoms with E-state index >= 15 is 0 Å². The molecule has 4 aromatic rings. The van der Waals surface area contributed by atoms with Gasteiger partial charge in [0.2, 0.25) is 0 Å². The van der Waals surface area contributed by atoms with Crippen LogP contribution in [-0.2, 0) is 30.4 Å². The van der Waals surface area contributed by atoms with Gasteiger partial charge in [0.25, 0.3) is 0 Å². The van der Waals surface area contributed by atoms with Crippen molar-refractivity contribution in [2.75, 3.05) is 5.73 Å².